The summed E-state index contributed by atoms with van der Waals surface area (Å²) in [6.07, 6.45) is 16.4. The van der Waals surface area contributed by atoms with Gasteiger partial charge in [-0.05, 0) is 42.5 Å². The number of amides is 1. The maximum absolute atomic E-state index is 12.7. The highest BCUT2D eigenvalue weighted by atomic mass is 16.1. The largest absolute Gasteiger partial charge is 0.367 e. The van der Waals surface area contributed by atoms with Crippen LogP contribution in [-0.4, -0.2) is 36.0 Å². The molecule has 7 rings (SSSR count). The Morgan fingerprint density at radius 2 is 1.80 bits per heavy atom. The van der Waals surface area contributed by atoms with Gasteiger partial charge in [-0.3, -0.25) is 19.9 Å². The molecule has 9 nitrogen and oxygen atoms in total. The molecule has 6 heterocycles. The smallest absolute Gasteiger partial charge is 0.255 e. The van der Waals surface area contributed by atoms with E-state index >= 15 is 0 Å². The maximum atomic E-state index is 12.7. The van der Waals surface area contributed by atoms with Crippen LogP contribution < -0.4 is 10.6 Å². The zero-order chi connectivity index (χ0) is 26.9. The van der Waals surface area contributed by atoms with Crippen LogP contribution in [0.3, 0.4) is 0 Å². The lowest BCUT2D eigenvalue weighted by molar-refractivity contribution is 0.0967. The Balaban J connectivity index is 1.25. The van der Waals surface area contributed by atoms with Gasteiger partial charge in [0.1, 0.15) is 5.69 Å². The topological polar surface area (TPSA) is 124 Å². The summed E-state index contributed by atoms with van der Waals surface area (Å²) in [5.41, 5.74) is 8.12. The van der Waals surface area contributed by atoms with Crippen LogP contribution in [0.15, 0.2) is 116 Å². The van der Waals surface area contributed by atoms with Crippen molar-refractivity contribution in [1.29, 1.82) is 0 Å². The van der Waals surface area contributed by atoms with Crippen LogP contribution in [0.1, 0.15) is 15.9 Å². The summed E-state index contributed by atoms with van der Waals surface area (Å²) in [6, 6.07) is 17.2. The van der Waals surface area contributed by atoms with Gasteiger partial charge in [0.05, 0.1) is 17.4 Å². The first-order chi connectivity index (χ1) is 19.7. The SMILES string of the molecule is O=C(NC1=CC(c2cnc3[nH]nc(-c4cc5c(-c6cccnc6)cncc5[nH]4)c3c2)=CNC=C1)c1ccccc1. The van der Waals surface area contributed by atoms with E-state index in [9.17, 15) is 4.79 Å². The number of rotatable bonds is 5. The normalized spacial score (nSPS) is 13.0. The van der Waals surface area contributed by atoms with Crippen molar-refractivity contribution in [3.63, 3.8) is 0 Å². The van der Waals surface area contributed by atoms with Gasteiger partial charge >= 0.3 is 0 Å². The summed E-state index contributed by atoms with van der Waals surface area (Å²) in [5.74, 6) is -0.178. The molecule has 0 atom stereocenters. The maximum Gasteiger partial charge on any atom is 0.255 e. The highest BCUT2D eigenvalue weighted by Crippen LogP contribution is 2.33. The fraction of sp³-hybridized carbons (Fsp3) is 0. The monoisotopic (exact) mass is 522 g/mol. The Bertz CT molecular complexity index is 1970. The number of pyridine rings is 3. The molecule has 9 heteroatoms. The summed E-state index contributed by atoms with van der Waals surface area (Å²) in [5, 5.41) is 15.7. The van der Waals surface area contributed by atoms with Crippen LogP contribution in [0, 0.1) is 0 Å². The second-order valence-corrected chi connectivity index (χ2v) is 9.28. The summed E-state index contributed by atoms with van der Waals surface area (Å²) in [6.45, 7) is 0. The van der Waals surface area contributed by atoms with E-state index in [1.165, 1.54) is 0 Å². The highest BCUT2D eigenvalue weighted by molar-refractivity contribution is 6.00. The van der Waals surface area contributed by atoms with Gasteiger partial charge in [0.25, 0.3) is 5.91 Å². The lowest BCUT2D eigenvalue weighted by atomic mass is 10.0. The molecule has 40 heavy (non-hydrogen) atoms. The molecule has 0 radical (unpaired) electrons. The Kier molecular flexibility index (Phi) is 5.71. The Morgan fingerprint density at radius 3 is 2.67 bits per heavy atom. The Hall–Kier alpha value is -5.83. The van der Waals surface area contributed by atoms with Crippen molar-refractivity contribution in [3.05, 3.63) is 127 Å². The number of aromatic amines is 2. The van der Waals surface area contributed by atoms with Gasteiger partial charge in [-0.25, -0.2) is 4.98 Å². The molecule has 0 aliphatic carbocycles. The number of allylic oxidation sites excluding steroid dienone is 3. The number of carbonyl (C=O) groups is 1. The van der Waals surface area contributed by atoms with Crippen LogP contribution >= 0.6 is 0 Å². The molecule has 1 aromatic carbocycles. The lowest BCUT2D eigenvalue weighted by Gasteiger charge is -2.07. The van der Waals surface area contributed by atoms with Gasteiger partial charge < -0.3 is 15.6 Å². The summed E-state index contributed by atoms with van der Waals surface area (Å²) < 4.78 is 0. The third-order valence-electron chi connectivity index (χ3n) is 6.73. The van der Waals surface area contributed by atoms with Crippen molar-refractivity contribution in [1.82, 2.24) is 40.8 Å². The summed E-state index contributed by atoms with van der Waals surface area (Å²) in [7, 11) is 0. The Morgan fingerprint density at radius 1 is 0.875 bits per heavy atom. The van der Waals surface area contributed by atoms with Crippen LogP contribution in [-0.2, 0) is 0 Å². The number of nitrogens with zero attached hydrogens (tertiary/aromatic N) is 4. The molecule has 1 amide bonds. The molecule has 0 spiro atoms. The molecule has 6 aromatic rings. The van der Waals surface area contributed by atoms with Gasteiger partial charge in [-0.2, -0.15) is 5.10 Å². The third-order valence-corrected chi connectivity index (χ3v) is 6.73. The van der Waals surface area contributed by atoms with Gasteiger partial charge in [0.15, 0.2) is 5.65 Å². The van der Waals surface area contributed by atoms with Gasteiger partial charge in [0.2, 0.25) is 0 Å². The molecule has 1 aliphatic heterocycles. The number of hydrogen-bond donors (Lipinski definition) is 4. The molecule has 0 fully saturated rings. The number of nitrogens with one attached hydrogen (secondary N) is 4. The molecule has 0 saturated carbocycles. The van der Waals surface area contributed by atoms with Crippen LogP contribution in [0.5, 0.6) is 0 Å². The Labute approximate surface area is 228 Å². The zero-order valence-electron chi connectivity index (χ0n) is 21.1. The van der Waals surface area contributed by atoms with Gasteiger partial charge in [-0.15, -0.1) is 0 Å². The molecule has 4 N–H and O–H groups in total. The van der Waals surface area contributed by atoms with Crippen molar-refractivity contribution in [2.24, 2.45) is 0 Å². The van der Waals surface area contributed by atoms with Crippen molar-refractivity contribution in [2.45, 2.75) is 0 Å². The first kappa shape index (κ1) is 23.3. The predicted octanol–water partition coefficient (Wildman–Crippen LogP) is 5.33. The van der Waals surface area contributed by atoms with E-state index in [-0.39, 0.29) is 5.91 Å². The van der Waals surface area contributed by atoms with Crippen LogP contribution in [0.2, 0.25) is 0 Å². The average Bonchev–Trinajstić information content (AvgIpc) is 3.55. The molecule has 192 valence electrons. The van der Waals surface area contributed by atoms with E-state index in [0.29, 0.717) is 16.9 Å². The van der Waals surface area contributed by atoms with E-state index in [4.69, 9.17) is 0 Å². The molecular weight excluding hydrogens is 500 g/mol. The first-order valence-electron chi connectivity index (χ1n) is 12.7. The number of hydrogen-bond acceptors (Lipinski definition) is 6. The third kappa shape index (κ3) is 4.31. The van der Waals surface area contributed by atoms with Crippen molar-refractivity contribution in [2.75, 3.05) is 0 Å². The summed E-state index contributed by atoms with van der Waals surface area (Å²) >= 11 is 0. The van der Waals surface area contributed by atoms with Gasteiger partial charge in [-0.1, -0.05) is 24.3 Å². The molecular formula is C31H22N8O. The number of fused-ring (bicyclic) bond motifs is 2. The second kappa shape index (κ2) is 9.80. The minimum atomic E-state index is -0.178. The summed E-state index contributed by atoms with van der Waals surface area (Å²) in [4.78, 5) is 29.5. The molecule has 5 aromatic heterocycles. The quantitative estimate of drug-likeness (QED) is 0.242. The lowest BCUT2D eigenvalue weighted by Crippen LogP contribution is -2.21. The minimum absolute atomic E-state index is 0.178. The number of benzene rings is 1. The second-order valence-electron chi connectivity index (χ2n) is 9.28. The van der Waals surface area contributed by atoms with Crippen molar-refractivity contribution < 1.29 is 4.79 Å². The first-order valence-corrected chi connectivity index (χ1v) is 12.7. The fourth-order valence-corrected chi connectivity index (χ4v) is 4.77. The van der Waals surface area contributed by atoms with E-state index in [2.05, 4.69) is 46.8 Å². The standard InChI is InChI=1S/C31H22N8O/c40-31(19-5-2-1-3-6-19)36-23-8-10-33-15-21(11-23)22-12-25-29(38-39-30(25)35-16-22)27-13-24-26(17-34-18-28(24)37-27)20-7-4-9-32-14-20/h1-18,33,37H,(H,36,40)(H,35,38,39). The molecule has 0 bridgehead atoms. The molecule has 0 saturated heterocycles. The predicted molar refractivity (Wildman–Crippen MR) is 154 cm³/mol. The number of aromatic nitrogens is 6. The fourth-order valence-electron chi connectivity index (χ4n) is 4.77. The van der Waals surface area contributed by atoms with Crippen LogP contribution in [0.25, 0.3) is 50.0 Å². The van der Waals surface area contributed by atoms with E-state index in [1.807, 2.05) is 73.3 Å². The van der Waals surface area contributed by atoms with E-state index in [0.717, 1.165) is 49.9 Å². The van der Waals surface area contributed by atoms with E-state index < -0.39 is 0 Å². The zero-order valence-corrected chi connectivity index (χ0v) is 21.1. The van der Waals surface area contributed by atoms with Crippen molar-refractivity contribution >= 4 is 33.4 Å². The van der Waals surface area contributed by atoms with Crippen molar-refractivity contribution in [3.8, 4) is 22.5 Å². The molecule has 0 unspecified atom stereocenters. The van der Waals surface area contributed by atoms with Gasteiger partial charge in [0, 0.05) is 81.5 Å². The highest BCUT2D eigenvalue weighted by Gasteiger charge is 2.16. The average molecular weight is 523 g/mol. The number of carbonyl (C=O) groups excluding carboxylic acids is 1. The van der Waals surface area contributed by atoms with E-state index in [1.54, 1.807) is 30.7 Å². The molecule has 1 aliphatic rings. The number of H-pyrrole nitrogens is 2. The minimum Gasteiger partial charge on any atom is -0.367 e. The van der Waals surface area contributed by atoms with Crippen LogP contribution in [0.4, 0.5) is 0 Å².